The van der Waals surface area contributed by atoms with E-state index in [0.29, 0.717) is 5.71 Å². The number of nitrogens with zero attached hydrogens (tertiary/aromatic N) is 2. The second kappa shape index (κ2) is 3.51. The second-order valence-electron chi connectivity index (χ2n) is 3.23. The summed E-state index contributed by atoms with van der Waals surface area (Å²) in [6, 6.07) is 9.97. The quantitative estimate of drug-likeness (QED) is 0.730. The van der Waals surface area contributed by atoms with E-state index in [1.165, 1.54) is 0 Å². The molecular formula is C11H11N3. The van der Waals surface area contributed by atoms with Crippen molar-refractivity contribution < 1.29 is 0 Å². The van der Waals surface area contributed by atoms with Crippen LogP contribution in [0.1, 0.15) is 13.3 Å². The largest absolute Gasteiger partial charge is 0.374 e. The van der Waals surface area contributed by atoms with Crippen LogP contribution in [0.4, 0.5) is 11.4 Å². The van der Waals surface area contributed by atoms with Crippen LogP contribution in [0.15, 0.2) is 29.3 Å². The van der Waals surface area contributed by atoms with Gasteiger partial charge in [0.05, 0.1) is 17.4 Å². The summed E-state index contributed by atoms with van der Waals surface area (Å²) in [5, 5.41) is 12.2. The molecule has 1 aromatic rings. The van der Waals surface area contributed by atoms with E-state index in [4.69, 9.17) is 5.26 Å². The van der Waals surface area contributed by atoms with Crippen LogP contribution >= 0.6 is 0 Å². The summed E-state index contributed by atoms with van der Waals surface area (Å²) >= 11 is 0. The van der Waals surface area contributed by atoms with E-state index in [9.17, 15) is 0 Å². The zero-order valence-corrected chi connectivity index (χ0v) is 7.99. The Bertz CT molecular complexity index is 415. The van der Waals surface area contributed by atoms with Gasteiger partial charge in [-0.3, -0.25) is 0 Å². The lowest BCUT2D eigenvalue weighted by atomic mass is 10.1. The molecule has 70 valence electrons. The molecule has 1 unspecified atom stereocenters. The van der Waals surface area contributed by atoms with Crippen molar-refractivity contribution in [3.63, 3.8) is 0 Å². The highest BCUT2D eigenvalue weighted by atomic mass is 15.0. The molecule has 1 aliphatic heterocycles. The molecule has 0 saturated carbocycles. The Morgan fingerprint density at radius 3 is 3.00 bits per heavy atom. The smallest absolute Gasteiger partial charge is 0.140 e. The number of hydrogen-bond acceptors (Lipinski definition) is 3. The first kappa shape index (κ1) is 8.76. The Kier molecular flexibility index (Phi) is 2.19. The molecule has 1 atom stereocenters. The van der Waals surface area contributed by atoms with Crippen LogP contribution in [0.5, 0.6) is 0 Å². The van der Waals surface area contributed by atoms with E-state index in [0.717, 1.165) is 17.8 Å². The molecule has 3 nitrogen and oxygen atoms in total. The van der Waals surface area contributed by atoms with Crippen molar-refractivity contribution >= 4 is 17.1 Å². The molecule has 3 heteroatoms. The van der Waals surface area contributed by atoms with Gasteiger partial charge in [-0.25, -0.2) is 4.99 Å². The molecule has 0 aromatic heterocycles. The summed E-state index contributed by atoms with van der Waals surface area (Å²) in [5.41, 5.74) is 2.44. The lowest BCUT2D eigenvalue weighted by molar-refractivity contribution is 0.866. The fourth-order valence-electron chi connectivity index (χ4n) is 1.56. The number of hydrogen-bond donors (Lipinski definition) is 1. The molecule has 0 saturated heterocycles. The topological polar surface area (TPSA) is 48.2 Å². The molecule has 0 bridgehead atoms. The Hall–Kier alpha value is -1.82. The summed E-state index contributed by atoms with van der Waals surface area (Å²) in [5.74, 6) is 0. The average molecular weight is 185 g/mol. The molecule has 0 spiro atoms. The lowest BCUT2D eigenvalue weighted by Gasteiger charge is -2.22. The Labute approximate surface area is 83.1 Å². The second-order valence-corrected chi connectivity index (χ2v) is 3.23. The minimum Gasteiger partial charge on any atom is -0.374 e. The van der Waals surface area contributed by atoms with E-state index in [1.807, 2.05) is 31.2 Å². The van der Waals surface area contributed by atoms with Crippen LogP contribution in [-0.2, 0) is 0 Å². The van der Waals surface area contributed by atoms with Gasteiger partial charge in [0.15, 0.2) is 0 Å². The normalized spacial score (nSPS) is 18.9. The number of para-hydroxylation sites is 2. The van der Waals surface area contributed by atoms with Crippen molar-refractivity contribution in [2.75, 3.05) is 5.32 Å². The maximum Gasteiger partial charge on any atom is 0.140 e. The first-order valence-corrected chi connectivity index (χ1v) is 4.69. The van der Waals surface area contributed by atoms with Crippen molar-refractivity contribution in [1.82, 2.24) is 0 Å². The third-order valence-corrected chi connectivity index (χ3v) is 2.33. The number of benzene rings is 1. The highest BCUT2D eigenvalue weighted by Gasteiger charge is 2.19. The zero-order valence-electron chi connectivity index (χ0n) is 7.99. The van der Waals surface area contributed by atoms with Crippen molar-refractivity contribution in [2.24, 2.45) is 4.99 Å². The van der Waals surface area contributed by atoms with E-state index >= 15 is 0 Å². The number of aliphatic imine (C=N–C) groups is 1. The zero-order chi connectivity index (χ0) is 9.97. The van der Waals surface area contributed by atoms with Crippen molar-refractivity contribution in [3.8, 4) is 6.07 Å². The monoisotopic (exact) mass is 185 g/mol. The summed E-state index contributed by atoms with van der Waals surface area (Å²) in [6.45, 7) is 2.04. The van der Waals surface area contributed by atoms with Gasteiger partial charge >= 0.3 is 0 Å². The number of anilines is 1. The molecule has 14 heavy (non-hydrogen) atoms. The van der Waals surface area contributed by atoms with Gasteiger partial charge in [-0.1, -0.05) is 19.1 Å². The van der Waals surface area contributed by atoms with Gasteiger partial charge in [0.2, 0.25) is 0 Å². The molecule has 0 aliphatic carbocycles. The van der Waals surface area contributed by atoms with Crippen LogP contribution in [0.25, 0.3) is 0 Å². The van der Waals surface area contributed by atoms with Crippen LogP contribution in [0.3, 0.4) is 0 Å². The lowest BCUT2D eigenvalue weighted by Crippen LogP contribution is -2.30. The van der Waals surface area contributed by atoms with Gasteiger partial charge in [-0.05, 0) is 18.6 Å². The molecule has 2 rings (SSSR count). The van der Waals surface area contributed by atoms with E-state index in [-0.39, 0.29) is 6.04 Å². The molecule has 0 amide bonds. The molecule has 1 heterocycles. The Morgan fingerprint density at radius 2 is 2.29 bits per heavy atom. The van der Waals surface area contributed by atoms with Crippen molar-refractivity contribution in [3.05, 3.63) is 24.3 Å². The molecule has 1 aliphatic rings. The number of nitriles is 1. The summed E-state index contributed by atoms with van der Waals surface area (Å²) in [4.78, 5) is 4.31. The summed E-state index contributed by atoms with van der Waals surface area (Å²) in [7, 11) is 0. The van der Waals surface area contributed by atoms with Gasteiger partial charge in [-0.2, -0.15) is 5.26 Å². The van der Waals surface area contributed by atoms with Gasteiger partial charge in [0.1, 0.15) is 11.8 Å². The summed E-state index contributed by atoms with van der Waals surface area (Å²) < 4.78 is 0. The van der Waals surface area contributed by atoms with E-state index in [2.05, 4.69) is 16.4 Å². The third-order valence-electron chi connectivity index (χ3n) is 2.33. The minimum absolute atomic E-state index is 0.0647. The van der Waals surface area contributed by atoms with E-state index in [1.54, 1.807) is 0 Å². The highest BCUT2D eigenvalue weighted by Crippen LogP contribution is 2.29. The van der Waals surface area contributed by atoms with Crippen LogP contribution in [0, 0.1) is 11.3 Å². The number of rotatable bonds is 1. The first-order valence-electron chi connectivity index (χ1n) is 4.69. The highest BCUT2D eigenvalue weighted by molar-refractivity contribution is 6.08. The van der Waals surface area contributed by atoms with Crippen molar-refractivity contribution in [1.29, 1.82) is 5.26 Å². The SMILES string of the molecule is CCC1Nc2ccccc2N=C1C#N. The van der Waals surface area contributed by atoms with Gasteiger partial charge in [0, 0.05) is 0 Å². The molecule has 1 N–H and O–H groups in total. The van der Waals surface area contributed by atoms with E-state index < -0.39 is 0 Å². The fraction of sp³-hybridized carbons (Fsp3) is 0.273. The number of fused-ring (bicyclic) bond motifs is 1. The van der Waals surface area contributed by atoms with Gasteiger partial charge in [-0.15, -0.1) is 0 Å². The minimum atomic E-state index is 0.0647. The molecule has 0 radical (unpaired) electrons. The van der Waals surface area contributed by atoms with Gasteiger partial charge < -0.3 is 5.32 Å². The maximum atomic E-state index is 8.90. The molecular weight excluding hydrogens is 174 g/mol. The average Bonchev–Trinajstić information content (AvgIpc) is 2.27. The van der Waals surface area contributed by atoms with Crippen LogP contribution in [-0.4, -0.2) is 11.8 Å². The summed E-state index contributed by atoms with van der Waals surface area (Å²) in [6.07, 6.45) is 0.876. The molecule has 0 fully saturated rings. The number of nitrogens with one attached hydrogen (secondary N) is 1. The Morgan fingerprint density at radius 1 is 1.50 bits per heavy atom. The Balaban J connectivity index is 2.46. The fourth-order valence-corrected chi connectivity index (χ4v) is 1.56. The van der Waals surface area contributed by atoms with Crippen molar-refractivity contribution in [2.45, 2.75) is 19.4 Å². The standard InChI is InChI=1S/C11H11N3/c1-2-8-11(7-12)14-10-6-4-3-5-9(10)13-8/h3-6,8,13H,2H2,1H3. The predicted molar refractivity (Wildman–Crippen MR) is 56.9 cm³/mol. The predicted octanol–water partition coefficient (Wildman–Crippen LogP) is 2.49. The molecule has 1 aromatic carbocycles. The van der Waals surface area contributed by atoms with Crippen LogP contribution < -0.4 is 5.32 Å². The maximum absolute atomic E-state index is 8.90. The first-order chi connectivity index (χ1) is 6.85. The third kappa shape index (κ3) is 1.35. The van der Waals surface area contributed by atoms with Gasteiger partial charge in [0.25, 0.3) is 0 Å². The van der Waals surface area contributed by atoms with Crippen LogP contribution in [0.2, 0.25) is 0 Å².